The number of amides is 1. The average molecular weight is 187 g/mol. The highest BCUT2D eigenvalue weighted by Crippen LogP contribution is 2.23. The maximum absolute atomic E-state index is 10.9. The van der Waals surface area contributed by atoms with Crippen LogP contribution < -0.4 is 0 Å². The van der Waals surface area contributed by atoms with Crippen molar-refractivity contribution in [1.29, 1.82) is 0 Å². The Balaban J connectivity index is 5.05. The Hall–Kier alpha value is -1.06. The molecule has 0 saturated heterocycles. The number of nitrogens with zero attached hydrogens (tertiary/aromatic N) is 1. The molecule has 0 aromatic carbocycles. The van der Waals surface area contributed by atoms with Crippen molar-refractivity contribution in [3.8, 4) is 0 Å². The average Bonchev–Trinajstić information content (AvgIpc) is 1.82. The normalized spacial score (nSPS) is 12.4. The first-order valence-corrected chi connectivity index (χ1v) is 4.12. The third-order valence-electron chi connectivity index (χ3n) is 1.73. The van der Waals surface area contributed by atoms with Crippen LogP contribution in [-0.4, -0.2) is 33.5 Å². The molecule has 0 heterocycles. The summed E-state index contributed by atoms with van der Waals surface area (Å²) in [6, 6.07) is 0. The third-order valence-corrected chi connectivity index (χ3v) is 1.73. The van der Waals surface area contributed by atoms with E-state index in [1.165, 1.54) is 0 Å². The molecule has 0 rings (SSSR count). The summed E-state index contributed by atoms with van der Waals surface area (Å²) in [5.74, 6) is 0. The van der Waals surface area contributed by atoms with Crippen LogP contribution in [0.1, 0.15) is 34.6 Å². The van der Waals surface area contributed by atoms with Gasteiger partial charge in [-0.2, -0.15) is 0 Å². The molecule has 0 aromatic heterocycles. The summed E-state index contributed by atoms with van der Waals surface area (Å²) in [5.41, 5.74) is -1.56. The Bertz CT molecular complexity index is 215. The van der Waals surface area contributed by atoms with E-state index in [9.17, 15) is 9.59 Å². The summed E-state index contributed by atoms with van der Waals surface area (Å²) in [6.07, 6.45) is -0.434. The van der Waals surface area contributed by atoms with Gasteiger partial charge in [-0.1, -0.05) is 0 Å². The van der Waals surface area contributed by atoms with Crippen molar-refractivity contribution < 1.29 is 14.7 Å². The Morgan fingerprint density at radius 1 is 1.23 bits per heavy atom. The summed E-state index contributed by atoms with van der Waals surface area (Å²) in [7, 11) is 0. The van der Waals surface area contributed by atoms with Crippen molar-refractivity contribution >= 4 is 12.4 Å². The molecule has 0 atom stereocenters. The monoisotopic (exact) mass is 187 g/mol. The lowest BCUT2D eigenvalue weighted by atomic mass is 9.96. The quantitative estimate of drug-likeness (QED) is 0.670. The minimum atomic E-state index is -1.08. The van der Waals surface area contributed by atoms with Crippen LogP contribution in [0.5, 0.6) is 0 Å². The fraction of sp³-hybridized carbons (Fsp3) is 0.778. The molecule has 0 radical (unpaired) electrons. The number of hydrogen-bond donors (Lipinski definition) is 1. The van der Waals surface area contributed by atoms with Gasteiger partial charge < -0.3 is 9.90 Å². The minimum Gasteiger partial charge on any atom is -0.465 e. The van der Waals surface area contributed by atoms with Crippen LogP contribution in [0, 0.1) is 0 Å². The Morgan fingerprint density at radius 2 is 1.62 bits per heavy atom. The molecule has 4 nitrogen and oxygen atoms in total. The zero-order valence-corrected chi connectivity index (χ0v) is 8.79. The molecular formula is C9H17NO3. The van der Waals surface area contributed by atoms with Crippen LogP contribution >= 0.6 is 0 Å². The molecule has 0 aliphatic rings. The van der Waals surface area contributed by atoms with E-state index < -0.39 is 17.2 Å². The zero-order chi connectivity index (χ0) is 10.9. The molecule has 4 heteroatoms. The molecule has 0 aliphatic carbocycles. The number of aldehydes is 1. The van der Waals surface area contributed by atoms with Crippen molar-refractivity contribution in [2.75, 3.05) is 0 Å². The zero-order valence-electron chi connectivity index (χ0n) is 8.79. The van der Waals surface area contributed by atoms with Crippen molar-refractivity contribution in [3.63, 3.8) is 0 Å². The Morgan fingerprint density at radius 3 is 1.69 bits per heavy atom. The Kier molecular flexibility index (Phi) is 3.08. The third kappa shape index (κ3) is 2.72. The second-order valence-corrected chi connectivity index (χ2v) is 4.56. The molecule has 0 spiro atoms. The molecule has 1 N–H and O–H groups in total. The molecule has 76 valence electrons. The maximum Gasteiger partial charge on any atom is 0.408 e. The van der Waals surface area contributed by atoms with E-state index in [1.807, 2.05) is 0 Å². The second-order valence-electron chi connectivity index (χ2n) is 4.56. The van der Waals surface area contributed by atoms with Crippen LogP contribution in [0.15, 0.2) is 0 Å². The van der Waals surface area contributed by atoms with Crippen LogP contribution in [0.4, 0.5) is 4.79 Å². The van der Waals surface area contributed by atoms with Crippen molar-refractivity contribution in [2.45, 2.75) is 45.7 Å². The summed E-state index contributed by atoms with van der Waals surface area (Å²) in [6.45, 7) is 8.43. The molecule has 0 bridgehead atoms. The fourth-order valence-electron chi connectivity index (χ4n) is 1.45. The SMILES string of the molecule is CC(C)(C)N(C(=O)O)C(C)(C)C=O. The van der Waals surface area contributed by atoms with Gasteiger partial charge >= 0.3 is 6.09 Å². The standard InChI is InChI=1S/C9H17NO3/c1-8(2,3)10(7(12)13)9(4,5)6-11/h6H,1-5H3,(H,12,13). The van der Waals surface area contributed by atoms with Crippen LogP contribution in [0.2, 0.25) is 0 Å². The molecule has 13 heavy (non-hydrogen) atoms. The summed E-state index contributed by atoms with van der Waals surface area (Å²) in [4.78, 5) is 22.8. The first-order chi connectivity index (χ1) is 5.63. The van der Waals surface area contributed by atoms with Gasteiger partial charge in [0.15, 0.2) is 0 Å². The van der Waals surface area contributed by atoms with E-state index >= 15 is 0 Å². The first-order valence-electron chi connectivity index (χ1n) is 4.12. The lowest BCUT2D eigenvalue weighted by molar-refractivity contribution is -0.118. The fourth-order valence-corrected chi connectivity index (χ4v) is 1.45. The topological polar surface area (TPSA) is 57.6 Å². The van der Waals surface area contributed by atoms with Gasteiger partial charge in [-0.15, -0.1) is 0 Å². The van der Waals surface area contributed by atoms with Gasteiger partial charge in [-0.3, -0.25) is 4.90 Å². The van der Waals surface area contributed by atoms with Crippen molar-refractivity contribution in [3.05, 3.63) is 0 Å². The summed E-state index contributed by atoms with van der Waals surface area (Å²) < 4.78 is 0. The highest BCUT2D eigenvalue weighted by molar-refractivity contribution is 5.75. The predicted molar refractivity (Wildman–Crippen MR) is 49.8 cm³/mol. The van der Waals surface area contributed by atoms with E-state index in [4.69, 9.17) is 5.11 Å². The van der Waals surface area contributed by atoms with Crippen LogP contribution in [0.3, 0.4) is 0 Å². The number of rotatable bonds is 2. The lowest BCUT2D eigenvalue weighted by Gasteiger charge is -2.41. The minimum absolute atomic E-state index is 0.573. The number of carbonyl (C=O) groups excluding carboxylic acids is 1. The molecule has 0 aromatic rings. The van der Waals surface area contributed by atoms with Gasteiger partial charge in [0, 0.05) is 5.54 Å². The highest BCUT2D eigenvalue weighted by Gasteiger charge is 2.38. The van der Waals surface area contributed by atoms with Gasteiger partial charge in [-0.25, -0.2) is 4.79 Å². The maximum atomic E-state index is 10.9. The molecular weight excluding hydrogens is 170 g/mol. The highest BCUT2D eigenvalue weighted by atomic mass is 16.4. The second kappa shape index (κ2) is 3.36. The lowest BCUT2D eigenvalue weighted by Crippen LogP contribution is -2.57. The first kappa shape index (κ1) is 11.9. The van der Waals surface area contributed by atoms with Gasteiger partial charge in [0.25, 0.3) is 0 Å². The predicted octanol–water partition coefficient (Wildman–Crippen LogP) is 1.74. The van der Waals surface area contributed by atoms with Gasteiger partial charge in [0.05, 0.1) is 5.54 Å². The van der Waals surface area contributed by atoms with Gasteiger partial charge in [0.2, 0.25) is 0 Å². The number of hydrogen-bond acceptors (Lipinski definition) is 2. The van der Waals surface area contributed by atoms with Crippen LogP contribution in [0.25, 0.3) is 0 Å². The van der Waals surface area contributed by atoms with Gasteiger partial charge in [0.1, 0.15) is 6.29 Å². The van der Waals surface area contributed by atoms with E-state index in [1.54, 1.807) is 34.6 Å². The summed E-state index contributed by atoms with van der Waals surface area (Å²) in [5, 5.41) is 8.94. The summed E-state index contributed by atoms with van der Waals surface area (Å²) >= 11 is 0. The number of carbonyl (C=O) groups is 2. The molecule has 0 unspecified atom stereocenters. The Labute approximate surface area is 78.5 Å². The largest absolute Gasteiger partial charge is 0.465 e. The van der Waals surface area contributed by atoms with Crippen molar-refractivity contribution in [1.82, 2.24) is 4.90 Å². The molecule has 0 fully saturated rings. The van der Waals surface area contributed by atoms with Crippen LogP contribution in [-0.2, 0) is 4.79 Å². The van der Waals surface area contributed by atoms with Crippen molar-refractivity contribution in [2.24, 2.45) is 0 Å². The van der Waals surface area contributed by atoms with E-state index in [2.05, 4.69) is 0 Å². The smallest absolute Gasteiger partial charge is 0.408 e. The molecule has 1 amide bonds. The van der Waals surface area contributed by atoms with E-state index in [0.717, 1.165) is 4.90 Å². The number of carboxylic acid groups (broad SMARTS) is 1. The molecule has 0 saturated carbocycles. The molecule has 0 aliphatic heterocycles. The van der Waals surface area contributed by atoms with Gasteiger partial charge in [-0.05, 0) is 34.6 Å². The van der Waals surface area contributed by atoms with E-state index in [-0.39, 0.29) is 0 Å². The van der Waals surface area contributed by atoms with E-state index in [0.29, 0.717) is 6.29 Å².